The quantitative estimate of drug-likeness (QED) is 0.800. The van der Waals surface area contributed by atoms with Crippen LogP contribution in [0.2, 0.25) is 0 Å². The van der Waals surface area contributed by atoms with Crippen LogP contribution >= 0.6 is 11.3 Å². The van der Waals surface area contributed by atoms with Gasteiger partial charge >= 0.3 is 5.97 Å². The van der Waals surface area contributed by atoms with Gasteiger partial charge in [-0.25, -0.2) is 19.2 Å². The van der Waals surface area contributed by atoms with E-state index in [0.29, 0.717) is 4.70 Å². The molecular weight excluding hydrogens is 295 g/mol. The molecule has 0 saturated heterocycles. The molecule has 0 atom stereocenters. The zero-order valence-corrected chi connectivity index (χ0v) is 11.6. The zero-order valence-electron chi connectivity index (χ0n) is 10.8. The van der Waals surface area contributed by atoms with Crippen LogP contribution in [0.15, 0.2) is 29.9 Å². The summed E-state index contributed by atoms with van der Waals surface area (Å²) in [5, 5.41) is 11.0. The number of aryl methyl sites for hydroxylation is 1. The fourth-order valence-electron chi connectivity index (χ4n) is 1.92. The molecule has 106 valence electrons. The van der Waals surface area contributed by atoms with Gasteiger partial charge in [0.15, 0.2) is 0 Å². The molecule has 0 aliphatic heterocycles. The molecule has 1 aromatic carbocycles. The van der Waals surface area contributed by atoms with E-state index < -0.39 is 17.3 Å². The summed E-state index contributed by atoms with van der Waals surface area (Å²) in [7, 11) is 0. The summed E-state index contributed by atoms with van der Waals surface area (Å²) < 4.78 is 19.8. The van der Waals surface area contributed by atoms with Crippen LogP contribution in [0.1, 0.15) is 15.9 Å². The standard InChI is InChI=1S/C14H9FN2O3S/c1-7-5-21-12-11(7)16-6-17-13(12)20-9-4-2-3-8(15)10(9)14(18)19/h2-6H,1H3,(H,18,19). The number of aromatic carboxylic acids is 1. The minimum absolute atomic E-state index is 0.0893. The Kier molecular flexibility index (Phi) is 3.26. The Morgan fingerprint density at radius 2 is 2.19 bits per heavy atom. The molecule has 0 saturated carbocycles. The Balaban J connectivity index is 2.11. The van der Waals surface area contributed by atoms with Gasteiger partial charge in [-0.15, -0.1) is 11.3 Å². The second-order valence-corrected chi connectivity index (χ2v) is 5.18. The minimum atomic E-state index is -1.39. The highest BCUT2D eigenvalue weighted by Gasteiger charge is 2.19. The smallest absolute Gasteiger partial charge is 0.342 e. The van der Waals surface area contributed by atoms with Crippen LogP contribution in [0.3, 0.4) is 0 Å². The molecule has 3 aromatic rings. The first-order valence-electron chi connectivity index (χ1n) is 5.96. The summed E-state index contributed by atoms with van der Waals surface area (Å²) in [6, 6.07) is 3.84. The van der Waals surface area contributed by atoms with Gasteiger partial charge in [-0.3, -0.25) is 0 Å². The summed E-state index contributed by atoms with van der Waals surface area (Å²) in [4.78, 5) is 19.3. The molecule has 5 nitrogen and oxygen atoms in total. The third-order valence-corrected chi connectivity index (χ3v) is 3.97. The largest absolute Gasteiger partial charge is 0.477 e. The molecule has 3 rings (SSSR count). The van der Waals surface area contributed by atoms with Crippen molar-refractivity contribution in [3.8, 4) is 11.6 Å². The first-order chi connectivity index (χ1) is 10.1. The van der Waals surface area contributed by atoms with Gasteiger partial charge in [-0.1, -0.05) is 6.07 Å². The van der Waals surface area contributed by atoms with Crippen molar-refractivity contribution in [3.05, 3.63) is 46.9 Å². The number of ether oxygens (including phenoxy) is 1. The van der Waals surface area contributed by atoms with Gasteiger partial charge < -0.3 is 9.84 Å². The van der Waals surface area contributed by atoms with Crippen LogP contribution < -0.4 is 4.74 Å². The number of hydrogen-bond acceptors (Lipinski definition) is 5. The average Bonchev–Trinajstić information content (AvgIpc) is 2.81. The Labute approximate surface area is 122 Å². The van der Waals surface area contributed by atoms with Gasteiger partial charge in [-0.2, -0.15) is 0 Å². The van der Waals surface area contributed by atoms with E-state index in [1.54, 1.807) is 0 Å². The lowest BCUT2D eigenvalue weighted by molar-refractivity contribution is 0.0689. The number of fused-ring (bicyclic) bond motifs is 1. The van der Waals surface area contributed by atoms with Crippen LogP contribution in [-0.4, -0.2) is 21.0 Å². The van der Waals surface area contributed by atoms with Gasteiger partial charge in [-0.05, 0) is 30.0 Å². The maximum absolute atomic E-state index is 13.6. The summed E-state index contributed by atoms with van der Waals surface area (Å²) >= 11 is 1.39. The van der Waals surface area contributed by atoms with Crippen LogP contribution in [-0.2, 0) is 0 Å². The van der Waals surface area contributed by atoms with Gasteiger partial charge in [0.2, 0.25) is 5.88 Å². The Morgan fingerprint density at radius 3 is 2.95 bits per heavy atom. The van der Waals surface area contributed by atoms with Gasteiger partial charge in [0.1, 0.15) is 28.2 Å². The van der Waals surface area contributed by atoms with Crippen LogP contribution in [0.4, 0.5) is 4.39 Å². The van der Waals surface area contributed by atoms with E-state index in [1.165, 1.54) is 29.8 Å². The summed E-state index contributed by atoms with van der Waals surface area (Å²) in [6.07, 6.45) is 1.33. The molecule has 1 N–H and O–H groups in total. The maximum Gasteiger partial charge on any atom is 0.342 e. The lowest BCUT2D eigenvalue weighted by Gasteiger charge is -2.08. The van der Waals surface area contributed by atoms with E-state index in [0.717, 1.165) is 17.1 Å². The number of hydrogen-bond donors (Lipinski definition) is 1. The lowest BCUT2D eigenvalue weighted by atomic mass is 10.2. The first-order valence-corrected chi connectivity index (χ1v) is 6.84. The highest BCUT2D eigenvalue weighted by atomic mass is 32.1. The van der Waals surface area contributed by atoms with E-state index in [-0.39, 0.29) is 11.6 Å². The molecule has 2 aromatic heterocycles. The molecule has 0 aliphatic carbocycles. The molecule has 0 radical (unpaired) electrons. The van der Waals surface area contributed by atoms with Crippen molar-refractivity contribution in [2.45, 2.75) is 6.92 Å². The fraction of sp³-hybridized carbons (Fsp3) is 0.0714. The van der Waals surface area contributed by atoms with E-state index in [4.69, 9.17) is 9.84 Å². The Bertz CT molecular complexity index is 847. The van der Waals surface area contributed by atoms with Crippen molar-refractivity contribution in [3.63, 3.8) is 0 Å². The second kappa shape index (κ2) is 5.10. The van der Waals surface area contributed by atoms with Gasteiger partial charge in [0.25, 0.3) is 0 Å². The monoisotopic (exact) mass is 304 g/mol. The summed E-state index contributed by atoms with van der Waals surface area (Å²) in [5.74, 6) is -2.12. The van der Waals surface area contributed by atoms with E-state index in [1.807, 2.05) is 12.3 Å². The lowest BCUT2D eigenvalue weighted by Crippen LogP contribution is -2.04. The SMILES string of the molecule is Cc1csc2c(Oc3cccc(F)c3C(=O)O)ncnc12. The molecule has 7 heteroatoms. The number of halogens is 1. The zero-order chi connectivity index (χ0) is 15.0. The molecule has 0 bridgehead atoms. The highest BCUT2D eigenvalue weighted by molar-refractivity contribution is 7.17. The summed E-state index contributed by atoms with van der Waals surface area (Å²) in [6.45, 7) is 1.90. The first kappa shape index (κ1) is 13.4. The van der Waals surface area contributed by atoms with Crippen LogP contribution in [0, 0.1) is 12.7 Å². The third kappa shape index (κ3) is 2.31. The minimum Gasteiger partial charge on any atom is -0.477 e. The van der Waals surface area contributed by atoms with E-state index >= 15 is 0 Å². The number of carboxylic acid groups (broad SMARTS) is 1. The predicted octanol–water partition coefficient (Wildman–Crippen LogP) is 3.63. The van der Waals surface area contributed by atoms with E-state index in [2.05, 4.69) is 9.97 Å². The van der Waals surface area contributed by atoms with Crippen molar-refractivity contribution in [2.75, 3.05) is 0 Å². The molecule has 0 amide bonds. The van der Waals surface area contributed by atoms with Crippen molar-refractivity contribution in [2.24, 2.45) is 0 Å². The van der Waals surface area contributed by atoms with Crippen molar-refractivity contribution >= 4 is 27.5 Å². The molecule has 2 heterocycles. The topological polar surface area (TPSA) is 72.3 Å². The normalized spacial score (nSPS) is 10.8. The van der Waals surface area contributed by atoms with Gasteiger partial charge in [0, 0.05) is 0 Å². The summed E-state index contributed by atoms with van der Waals surface area (Å²) in [5.41, 5.74) is 1.19. The number of benzene rings is 1. The predicted molar refractivity (Wildman–Crippen MR) is 75.6 cm³/mol. The average molecular weight is 304 g/mol. The van der Waals surface area contributed by atoms with Crippen molar-refractivity contribution < 1.29 is 19.0 Å². The van der Waals surface area contributed by atoms with Gasteiger partial charge in [0.05, 0.1) is 5.52 Å². The molecule has 0 aliphatic rings. The van der Waals surface area contributed by atoms with Crippen LogP contribution in [0.25, 0.3) is 10.2 Å². The Morgan fingerprint density at radius 1 is 1.38 bits per heavy atom. The highest BCUT2D eigenvalue weighted by Crippen LogP contribution is 2.34. The third-order valence-electron chi connectivity index (χ3n) is 2.89. The number of thiophene rings is 1. The number of rotatable bonds is 3. The number of nitrogens with zero attached hydrogens (tertiary/aromatic N) is 2. The fourth-order valence-corrected chi connectivity index (χ4v) is 2.85. The number of aromatic nitrogens is 2. The number of carbonyl (C=O) groups is 1. The second-order valence-electron chi connectivity index (χ2n) is 4.30. The maximum atomic E-state index is 13.6. The molecule has 0 fully saturated rings. The van der Waals surface area contributed by atoms with Crippen molar-refractivity contribution in [1.29, 1.82) is 0 Å². The molecule has 0 unspecified atom stereocenters. The molecule has 21 heavy (non-hydrogen) atoms. The van der Waals surface area contributed by atoms with Crippen molar-refractivity contribution in [1.82, 2.24) is 9.97 Å². The Hall–Kier alpha value is -2.54. The number of carboxylic acids is 1. The molecule has 0 spiro atoms. The molecular formula is C14H9FN2O3S. The van der Waals surface area contributed by atoms with Crippen LogP contribution in [0.5, 0.6) is 11.6 Å². The van der Waals surface area contributed by atoms with E-state index in [9.17, 15) is 9.18 Å².